The summed E-state index contributed by atoms with van der Waals surface area (Å²) in [5, 5.41) is 8.69. The molecule has 0 spiro atoms. The van der Waals surface area contributed by atoms with E-state index in [-0.39, 0.29) is 17.7 Å². The van der Waals surface area contributed by atoms with Crippen molar-refractivity contribution in [1.29, 1.82) is 0 Å². The van der Waals surface area contributed by atoms with Gasteiger partial charge in [0.05, 0.1) is 5.37 Å². The third-order valence-corrected chi connectivity index (χ3v) is 5.89. The van der Waals surface area contributed by atoms with Gasteiger partial charge in [-0.2, -0.15) is 0 Å². The fourth-order valence-electron chi connectivity index (χ4n) is 2.10. The molecule has 0 aliphatic carbocycles. The molecule has 0 aromatic carbocycles. The first-order valence-electron chi connectivity index (χ1n) is 6.30. The van der Waals surface area contributed by atoms with Crippen LogP contribution in [-0.2, 0) is 9.59 Å². The second-order valence-electron chi connectivity index (χ2n) is 4.40. The van der Waals surface area contributed by atoms with E-state index in [1.54, 1.807) is 0 Å². The summed E-state index contributed by atoms with van der Waals surface area (Å²) in [6, 6.07) is 0. The average molecular weight is 332 g/mol. The molecule has 0 aromatic heterocycles. The van der Waals surface area contributed by atoms with E-state index in [0.717, 1.165) is 23.7 Å². The Morgan fingerprint density at radius 2 is 2.30 bits per heavy atom. The number of nitrogens with zero attached hydrogens (tertiary/aromatic N) is 2. The molecule has 8 heteroatoms. The number of likely N-dealkylation sites (N-methyl/N-ethyl adjacent to an activating group) is 1. The van der Waals surface area contributed by atoms with E-state index in [0.29, 0.717) is 9.69 Å². The van der Waals surface area contributed by atoms with Gasteiger partial charge >= 0.3 is 5.97 Å². The van der Waals surface area contributed by atoms with Crippen LogP contribution in [0.25, 0.3) is 0 Å². The van der Waals surface area contributed by atoms with Crippen LogP contribution in [0.3, 0.4) is 0 Å². The van der Waals surface area contributed by atoms with Crippen LogP contribution in [0.1, 0.15) is 6.92 Å². The van der Waals surface area contributed by atoms with E-state index in [4.69, 9.17) is 17.3 Å². The lowest BCUT2D eigenvalue weighted by molar-refractivity contribution is -0.141. The molecule has 2 rings (SSSR count). The van der Waals surface area contributed by atoms with Gasteiger partial charge < -0.3 is 5.11 Å². The zero-order chi connectivity index (χ0) is 14.7. The van der Waals surface area contributed by atoms with Crippen LogP contribution in [0, 0.1) is 0 Å². The summed E-state index contributed by atoms with van der Waals surface area (Å²) < 4.78 is 0.346. The fourth-order valence-corrected chi connectivity index (χ4v) is 4.71. The van der Waals surface area contributed by atoms with Crippen molar-refractivity contribution in [2.45, 2.75) is 17.5 Å². The highest BCUT2D eigenvalue weighted by molar-refractivity contribution is 8.24. The monoisotopic (exact) mass is 332 g/mol. The summed E-state index contributed by atoms with van der Waals surface area (Å²) in [6.07, 6.45) is 3.89. The Balaban J connectivity index is 1.98. The van der Waals surface area contributed by atoms with Gasteiger partial charge in [-0.25, -0.2) is 0 Å². The Morgan fingerprint density at radius 1 is 1.55 bits per heavy atom. The number of amides is 1. The maximum absolute atomic E-state index is 12.1. The molecule has 2 aliphatic heterocycles. The molecule has 2 unspecified atom stereocenters. The molecule has 0 aromatic rings. The first-order chi connectivity index (χ1) is 9.52. The molecule has 2 fully saturated rings. The van der Waals surface area contributed by atoms with Crippen LogP contribution < -0.4 is 0 Å². The van der Waals surface area contributed by atoms with Gasteiger partial charge in [-0.15, -0.1) is 11.8 Å². The molecule has 1 amide bonds. The van der Waals surface area contributed by atoms with Gasteiger partial charge in [-0.05, 0) is 6.54 Å². The summed E-state index contributed by atoms with van der Waals surface area (Å²) in [5.74, 6) is -0.183. The van der Waals surface area contributed by atoms with E-state index in [1.807, 2.05) is 23.9 Å². The van der Waals surface area contributed by atoms with Crippen LogP contribution >= 0.6 is 35.7 Å². The van der Waals surface area contributed by atoms with Gasteiger partial charge in [0.25, 0.3) is 0 Å². The van der Waals surface area contributed by atoms with Crippen molar-refractivity contribution in [2.75, 3.05) is 25.4 Å². The Bertz CT molecular complexity index is 455. The lowest BCUT2D eigenvalue weighted by Gasteiger charge is -2.18. The molecule has 2 atom stereocenters. The van der Waals surface area contributed by atoms with Crippen molar-refractivity contribution in [3.63, 3.8) is 0 Å². The standard InChI is InChI=1S/C12H16N2O3S3/c1-2-13-5-6-19-9(13)4-3-8-11(17)14(7-10(15)16)12(18)20-8/h3-4,8-9H,2,5-7H2,1H3,(H,15,16)/b4-3+. The Hall–Kier alpha value is -0.570. The molecule has 0 saturated carbocycles. The quantitative estimate of drug-likeness (QED) is 0.600. The van der Waals surface area contributed by atoms with Crippen LogP contribution in [0.15, 0.2) is 12.2 Å². The summed E-state index contributed by atoms with van der Waals surface area (Å²) >= 11 is 8.16. The van der Waals surface area contributed by atoms with Crippen molar-refractivity contribution in [3.8, 4) is 0 Å². The van der Waals surface area contributed by atoms with Gasteiger partial charge in [0.2, 0.25) is 5.91 Å². The summed E-state index contributed by atoms with van der Waals surface area (Å²) in [5.41, 5.74) is 0. The van der Waals surface area contributed by atoms with E-state index < -0.39 is 5.97 Å². The highest BCUT2D eigenvalue weighted by Gasteiger charge is 2.36. The Labute approximate surface area is 131 Å². The minimum atomic E-state index is -1.05. The first kappa shape index (κ1) is 15.8. The number of carboxylic acid groups (broad SMARTS) is 1. The SMILES string of the molecule is CCN1CCSC1/C=C/C1SC(=S)N(CC(=O)O)C1=O. The molecular weight excluding hydrogens is 316 g/mol. The van der Waals surface area contributed by atoms with Crippen LogP contribution in [-0.4, -0.2) is 67.1 Å². The second kappa shape index (κ2) is 6.93. The highest BCUT2D eigenvalue weighted by atomic mass is 32.2. The maximum Gasteiger partial charge on any atom is 0.323 e. The zero-order valence-electron chi connectivity index (χ0n) is 11.0. The van der Waals surface area contributed by atoms with E-state index in [1.165, 1.54) is 11.8 Å². The van der Waals surface area contributed by atoms with Crippen molar-refractivity contribution >= 4 is 51.9 Å². The van der Waals surface area contributed by atoms with Crippen LogP contribution in [0.2, 0.25) is 0 Å². The fraction of sp³-hybridized carbons (Fsp3) is 0.583. The van der Waals surface area contributed by atoms with Crippen LogP contribution in [0.4, 0.5) is 0 Å². The maximum atomic E-state index is 12.1. The minimum absolute atomic E-state index is 0.232. The smallest absolute Gasteiger partial charge is 0.323 e. The van der Waals surface area contributed by atoms with E-state index >= 15 is 0 Å². The molecule has 0 bridgehead atoms. The number of carbonyl (C=O) groups is 2. The molecular formula is C12H16N2O3S3. The second-order valence-corrected chi connectivity index (χ2v) is 7.40. The molecule has 5 nitrogen and oxygen atoms in total. The van der Waals surface area contributed by atoms with Crippen molar-refractivity contribution in [1.82, 2.24) is 9.80 Å². The number of aliphatic carboxylic acids is 1. The van der Waals surface area contributed by atoms with Gasteiger partial charge in [0, 0.05) is 12.3 Å². The third-order valence-electron chi connectivity index (χ3n) is 3.13. The van der Waals surface area contributed by atoms with Gasteiger partial charge in [-0.3, -0.25) is 19.4 Å². The predicted molar refractivity (Wildman–Crippen MR) is 86.0 cm³/mol. The number of hydrogen-bond acceptors (Lipinski definition) is 6. The molecule has 110 valence electrons. The number of thiocarbonyl (C=S) groups is 1. The number of rotatable bonds is 5. The number of hydrogen-bond donors (Lipinski definition) is 1. The van der Waals surface area contributed by atoms with Crippen molar-refractivity contribution in [3.05, 3.63) is 12.2 Å². The van der Waals surface area contributed by atoms with Crippen molar-refractivity contribution in [2.24, 2.45) is 0 Å². The van der Waals surface area contributed by atoms with E-state index in [2.05, 4.69) is 11.8 Å². The molecule has 0 radical (unpaired) electrons. The van der Waals surface area contributed by atoms with Gasteiger partial charge in [0.15, 0.2) is 0 Å². The number of carbonyl (C=O) groups excluding carboxylic acids is 1. The number of thioether (sulfide) groups is 2. The summed E-state index contributed by atoms with van der Waals surface area (Å²) in [7, 11) is 0. The molecule has 2 saturated heterocycles. The minimum Gasteiger partial charge on any atom is -0.480 e. The normalized spacial score (nSPS) is 27.9. The van der Waals surface area contributed by atoms with Gasteiger partial charge in [0.1, 0.15) is 16.1 Å². The molecule has 2 heterocycles. The third kappa shape index (κ3) is 3.55. The Kier molecular flexibility index (Phi) is 5.48. The van der Waals surface area contributed by atoms with E-state index in [9.17, 15) is 9.59 Å². The lowest BCUT2D eigenvalue weighted by atomic mass is 10.3. The average Bonchev–Trinajstić information content (AvgIpc) is 2.95. The highest BCUT2D eigenvalue weighted by Crippen LogP contribution is 2.30. The molecule has 20 heavy (non-hydrogen) atoms. The predicted octanol–water partition coefficient (Wildman–Crippen LogP) is 1.25. The Morgan fingerprint density at radius 3 is 2.95 bits per heavy atom. The first-order valence-corrected chi connectivity index (χ1v) is 8.64. The topological polar surface area (TPSA) is 60.9 Å². The molecule has 2 aliphatic rings. The molecule has 1 N–H and O–H groups in total. The summed E-state index contributed by atoms with van der Waals surface area (Å²) in [4.78, 5) is 26.3. The summed E-state index contributed by atoms with van der Waals surface area (Å²) in [6.45, 7) is 3.81. The zero-order valence-corrected chi connectivity index (χ0v) is 13.5. The van der Waals surface area contributed by atoms with Crippen LogP contribution in [0.5, 0.6) is 0 Å². The number of carboxylic acids is 1. The largest absolute Gasteiger partial charge is 0.480 e. The van der Waals surface area contributed by atoms with Crippen molar-refractivity contribution < 1.29 is 14.7 Å². The lowest BCUT2D eigenvalue weighted by Crippen LogP contribution is -2.35. The van der Waals surface area contributed by atoms with Gasteiger partial charge in [-0.1, -0.05) is 43.1 Å².